The molecule has 0 aromatic heterocycles. The molecule has 17 heavy (non-hydrogen) atoms. The van der Waals surface area contributed by atoms with Gasteiger partial charge in [-0.05, 0) is 26.8 Å². The monoisotopic (exact) mass is 238 g/mol. The summed E-state index contributed by atoms with van der Waals surface area (Å²) in [5.74, 6) is 0. The van der Waals surface area contributed by atoms with E-state index in [1.807, 2.05) is 20.8 Å². The number of nitro benzene ring substituents is 1. The Hall–Kier alpha value is -1.62. The summed E-state index contributed by atoms with van der Waals surface area (Å²) >= 11 is 0. The minimum Gasteiger partial charge on any atom is -0.385 e. The zero-order chi connectivity index (χ0) is 12.8. The summed E-state index contributed by atoms with van der Waals surface area (Å²) in [6.07, 6.45) is 0.101. The van der Waals surface area contributed by atoms with E-state index in [-0.39, 0.29) is 11.8 Å². The van der Waals surface area contributed by atoms with Crippen LogP contribution in [0.5, 0.6) is 0 Å². The Morgan fingerprint density at radius 3 is 2.71 bits per heavy atom. The fourth-order valence-corrected chi connectivity index (χ4v) is 1.43. The van der Waals surface area contributed by atoms with Crippen molar-refractivity contribution in [3.8, 4) is 0 Å². The van der Waals surface area contributed by atoms with Crippen LogP contribution in [0.3, 0.4) is 0 Å². The smallest absolute Gasteiger partial charge is 0.269 e. The molecule has 1 rings (SSSR count). The molecular formula is C12H18N2O3. The van der Waals surface area contributed by atoms with E-state index in [4.69, 9.17) is 4.74 Å². The fourth-order valence-electron chi connectivity index (χ4n) is 1.43. The predicted octanol–water partition coefficient (Wildman–Crippen LogP) is 2.95. The Kier molecular flexibility index (Phi) is 4.90. The summed E-state index contributed by atoms with van der Waals surface area (Å²) in [5.41, 5.74) is 1.79. The molecule has 0 heterocycles. The molecule has 0 radical (unpaired) electrons. The van der Waals surface area contributed by atoms with Gasteiger partial charge in [0.2, 0.25) is 0 Å². The maximum atomic E-state index is 10.7. The van der Waals surface area contributed by atoms with Gasteiger partial charge in [0.05, 0.1) is 17.6 Å². The first kappa shape index (κ1) is 13.4. The molecule has 0 spiro atoms. The van der Waals surface area contributed by atoms with Crippen LogP contribution in [-0.4, -0.2) is 17.6 Å². The Labute approximate surface area is 101 Å². The second-order valence-corrected chi connectivity index (χ2v) is 3.99. The number of anilines is 1. The Morgan fingerprint density at radius 1 is 1.47 bits per heavy atom. The van der Waals surface area contributed by atoms with Gasteiger partial charge in [0.25, 0.3) is 5.69 Å². The standard InChI is InChI=1S/C12H18N2O3/c1-4-13-12-6-5-11(14(15)16)7-10(12)8-17-9(2)3/h5-7,9,13H,4,8H2,1-3H3. The van der Waals surface area contributed by atoms with Crippen molar-refractivity contribution < 1.29 is 9.66 Å². The molecule has 0 fully saturated rings. The van der Waals surface area contributed by atoms with Gasteiger partial charge in [-0.2, -0.15) is 0 Å². The minimum absolute atomic E-state index is 0.0917. The van der Waals surface area contributed by atoms with Gasteiger partial charge in [0.1, 0.15) is 0 Å². The van der Waals surface area contributed by atoms with Crippen molar-refractivity contribution in [1.29, 1.82) is 0 Å². The maximum Gasteiger partial charge on any atom is 0.269 e. The molecule has 0 bridgehead atoms. The third-order valence-electron chi connectivity index (χ3n) is 2.24. The van der Waals surface area contributed by atoms with Gasteiger partial charge in [-0.25, -0.2) is 0 Å². The van der Waals surface area contributed by atoms with Crippen molar-refractivity contribution in [3.05, 3.63) is 33.9 Å². The van der Waals surface area contributed by atoms with E-state index >= 15 is 0 Å². The van der Waals surface area contributed by atoms with Crippen LogP contribution in [0.15, 0.2) is 18.2 Å². The number of benzene rings is 1. The first-order valence-corrected chi connectivity index (χ1v) is 5.67. The van der Waals surface area contributed by atoms with E-state index in [2.05, 4.69) is 5.32 Å². The van der Waals surface area contributed by atoms with Gasteiger partial charge < -0.3 is 10.1 Å². The zero-order valence-electron chi connectivity index (χ0n) is 10.4. The van der Waals surface area contributed by atoms with Crippen molar-refractivity contribution >= 4 is 11.4 Å². The number of nitrogens with zero attached hydrogens (tertiary/aromatic N) is 1. The Balaban J connectivity index is 2.93. The number of nitrogens with one attached hydrogen (secondary N) is 1. The van der Waals surface area contributed by atoms with Gasteiger partial charge in [-0.3, -0.25) is 10.1 Å². The third kappa shape index (κ3) is 4.03. The lowest BCUT2D eigenvalue weighted by atomic mass is 10.1. The largest absolute Gasteiger partial charge is 0.385 e. The molecule has 0 aliphatic rings. The van der Waals surface area contributed by atoms with E-state index in [9.17, 15) is 10.1 Å². The lowest BCUT2D eigenvalue weighted by Crippen LogP contribution is -2.06. The lowest BCUT2D eigenvalue weighted by molar-refractivity contribution is -0.384. The van der Waals surface area contributed by atoms with Crippen LogP contribution in [0.4, 0.5) is 11.4 Å². The van der Waals surface area contributed by atoms with Crippen molar-refractivity contribution in [2.75, 3.05) is 11.9 Å². The molecule has 94 valence electrons. The van der Waals surface area contributed by atoms with Crippen LogP contribution < -0.4 is 5.32 Å². The summed E-state index contributed by atoms with van der Waals surface area (Å²) in [5, 5.41) is 13.9. The molecule has 0 saturated carbocycles. The molecule has 0 aliphatic heterocycles. The SMILES string of the molecule is CCNc1ccc([N+](=O)[O-])cc1COC(C)C. The van der Waals surface area contributed by atoms with Gasteiger partial charge in [0, 0.05) is 29.9 Å². The molecule has 5 nitrogen and oxygen atoms in total. The zero-order valence-corrected chi connectivity index (χ0v) is 10.4. The van der Waals surface area contributed by atoms with Crippen molar-refractivity contribution in [2.24, 2.45) is 0 Å². The summed E-state index contributed by atoms with van der Waals surface area (Å²) in [6.45, 7) is 7.00. The van der Waals surface area contributed by atoms with Gasteiger partial charge in [0.15, 0.2) is 0 Å². The topological polar surface area (TPSA) is 64.4 Å². The highest BCUT2D eigenvalue weighted by atomic mass is 16.6. The molecule has 1 aromatic rings. The average Bonchev–Trinajstić information content (AvgIpc) is 2.27. The van der Waals surface area contributed by atoms with E-state index in [1.165, 1.54) is 6.07 Å². The van der Waals surface area contributed by atoms with Crippen LogP contribution in [0.25, 0.3) is 0 Å². The number of ether oxygens (including phenoxy) is 1. The summed E-state index contributed by atoms with van der Waals surface area (Å²) in [6, 6.07) is 4.78. The normalized spacial score (nSPS) is 10.6. The minimum atomic E-state index is -0.394. The Bertz CT molecular complexity index is 391. The molecule has 1 aromatic carbocycles. The van der Waals surface area contributed by atoms with Gasteiger partial charge >= 0.3 is 0 Å². The molecule has 0 unspecified atom stereocenters. The molecule has 0 atom stereocenters. The molecule has 1 N–H and O–H groups in total. The second-order valence-electron chi connectivity index (χ2n) is 3.99. The van der Waals surface area contributed by atoms with E-state index in [0.717, 1.165) is 17.8 Å². The number of hydrogen-bond donors (Lipinski definition) is 1. The van der Waals surface area contributed by atoms with Crippen molar-refractivity contribution in [3.63, 3.8) is 0 Å². The third-order valence-corrected chi connectivity index (χ3v) is 2.24. The number of non-ortho nitro benzene ring substituents is 1. The molecular weight excluding hydrogens is 220 g/mol. The van der Waals surface area contributed by atoms with Gasteiger partial charge in [-0.15, -0.1) is 0 Å². The quantitative estimate of drug-likeness (QED) is 0.611. The summed E-state index contributed by atoms with van der Waals surface area (Å²) in [4.78, 5) is 10.3. The van der Waals surface area contributed by atoms with Crippen LogP contribution in [0.2, 0.25) is 0 Å². The van der Waals surface area contributed by atoms with Gasteiger partial charge in [-0.1, -0.05) is 0 Å². The highest BCUT2D eigenvalue weighted by molar-refractivity contribution is 5.55. The van der Waals surface area contributed by atoms with Crippen molar-refractivity contribution in [2.45, 2.75) is 33.5 Å². The first-order chi connectivity index (χ1) is 8.04. The van der Waals surface area contributed by atoms with Crippen LogP contribution in [0.1, 0.15) is 26.3 Å². The summed E-state index contributed by atoms with van der Waals surface area (Å²) in [7, 11) is 0. The molecule has 0 aliphatic carbocycles. The van der Waals surface area contributed by atoms with Crippen molar-refractivity contribution in [1.82, 2.24) is 0 Å². The van der Waals surface area contributed by atoms with Crippen LogP contribution in [0, 0.1) is 10.1 Å². The van der Waals surface area contributed by atoms with E-state index in [0.29, 0.717) is 6.61 Å². The Morgan fingerprint density at radius 2 is 2.18 bits per heavy atom. The highest BCUT2D eigenvalue weighted by Gasteiger charge is 2.11. The fraction of sp³-hybridized carbons (Fsp3) is 0.500. The number of nitro groups is 1. The van der Waals surface area contributed by atoms with E-state index in [1.54, 1.807) is 12.1 Å². The van der Waals surface area contributed by atoms with E-state index < -0.39 is 4.92 Å². The van der Waals surface area contributed by atoms with Crippen LogP contribution >= 0.6 is 0 Å². The summed E-state index contributed by atoms with van der Waals surface area (Å²) < 4.78 is 5.49. The lowest BCUT2D eigenvalue weighted by Gasteiger charge is -2.12. The highest BCUT2D eigenvalue weighted by Crippen LogP contribution is 2.23. The molecule has 0 saturated heterocycles. The first-order valence-electron chi connectivity index (χ1n) is 5.67. The van der Waals surface area contributed by atoms with Crippen LogP contribution in [-0.2, 0) is 11.3 Å². The maximum absolute atomic E-state index is 10.7. The molecule has 5 heteroatoms. The predicted molar refractivity (Wildman–Crippen MR) is 67.2 cm³/mol. The molecule has 0 amide bonds. The second kappa shape index (κ2) is 6.20. The average molecular weight is 238 g/mol. The number of hydrogen-bond acceptors (Lipinski definition) is 4. The number of rotatable bonds is 6.